The number of carbonyl (C=O) groups is 1. The van der Waals surface area contributed by atoms with E-state index in [1.165, 1.54) is 12.1 Å². The molecule has 0 aliphatic heterocycles. The fourth-order valence-electron chi connectivity index (χ4n) is 2.66. The maximum absolute atomic E-state index is 13.1. The molecule has 2 aromatic rings. The molecule has 0 heterocycles. The summed E-state index contributed by atoms with van der Waals surface area (Å²) in [6, 6.07) is 10.3. The number of rotatable bonds is 6. The predicted molar refractivity (Wildman–Crippen MR) is 107 cm³/mol. The summed E-state index contributed by atoms with van der Waals surface area (Å²) in [6.45, 7) is 6.97. The number of amides is 1. The van der Waals surface area contributed by atoms with Crippen LogP contribution >= 0.6 is 31.9 Å². The van der Waals surface area contributed by atoms with Crippen LogP contribution in [0, 0.1) is 12.7 Å². The first-order valence-corrected chi connectivity index (χ1v) is 9.65. The van der Waals surface area contributed by atoms with E-state index in [1.807, 2.05) is 37.8 Å². The first-order chi connectivity index (χ1) is 11.8. The molecular formula is C19H21Br2FN2O. The molecule has 1 N–H and O–H groups in total. The van der Waals surface area contributed by atoms with Gasteiger partial charge in [-0.25, -0.2) is 4.39 Å². The summed E-state index contributed by atoms with van der Waals surface area (Å²) in [5, 5.41) is 2.95. The lowest BCUT2D eigenvalue weighted by Gasteiger charge is -2.27. The molecule has 6 heteroatoms. The molecule has 0 aliphatic carbocycles. The Morgan fingerprint density at radius 1 is 1.20 bits per heavy atom. The Balaban J connectivity index is 2.08. The summed E-state index contributed by atoms with van der Waals surface area (Å²) in [5.41, 5.74) is 2.80. The Labute approximate surface area is 164 Å². The first kappa shape index (κ1) is 20.1. The van der Waals surface area contributed by atoms with Crippen molar-refractivity contribution in [3.05, 3.63) is 62.3 Å². The predicted octanol–water partition coefficient (Wildman–Crippen LogP) is 5.68. The highest BCUT2D eigenvalue weighted by atomic mass is 79.9. The summed E-state index contributed by atoms with van der Waals surface area (Å²) in [7, 11) is 0. The van der Waals surface area contributed by atoms with Crippen LogP contribution in [-0.4, -0.2) is 23.9 Å². The number of nitrogens with one attached hydrogen (secondary N) is 1. The van der Waals surface area contributed by atoms with Crippen molar-refractivity contribution in [1.82, 2.24) is 4.90 Å². The molecule has 0 aliphatic rings. The third kappa shape index (κ3) is 5.36. The summed E-state index contributed by atoms with van der Waals surface area (Å²) < 4.78 is 14.8. The van der Waals surface area contributed by atoms with E-state index in [-0.39, 0.29) is 24.3 Å². The van der Waals surface area contributed by atoms with Crippen molar-refractivity contribution < 1.29 is 9.18 Å². The maximum atomic E-state index is 13.1. The molecule has 3 nitrogen and oxygen atoms in total. The standard InChI is InChI=1S/C19H21Br2FN2O/c1-4-24(13(3)14-5-7-15(22)8-6-14)11-18(25)23-19-16(20)9-12(2)10-17(19)21/h5-10,13H,4,11H2,1-3H3,(H,23,25)/t13-/m0/s1. The van der Waals surface area contributed by atoms with E-state index in [4.69, 9.17) is 0 Å². The van der Waals surface area contributed by atoms with Gasteiger partial charge in [0.15, 0.2) is 0 Å². The number of halogens is 3. The Bertz CT molecular complexity index is 727. The number of hydrogen-bond donors (Lipinski definition) is 1. The zero-order chi connectivity index (χ0) is 18.6. The van der Waals surface area contributed by atoms with Crippen LogP contribution in [0.3, 0.4) is 0 Å². The monoisotopic (exact) mass is 470 g/mol. The second kappa shape index (κ2) is 8.92. The fourth-order valence-corrected chi connectivity index (χ4v) is 4.27. The van der Waals surface area contributed by atoms with Crippen LogP contribution in [0.4, 0.5) is 10.1 Å². The van der Waals surface area contributed by atoms with Crippen LogP contribution in [0.1, 0.15) is 31.0 Å². The number of benzene rings is 2. The van der Waals surface area contributed by atoms with E-state index in [2.05, 4.69) is 37.2 Å². The van der Waals surface area contributed by atoms with Gasteiger partial charge in [-0.15, -0.1) is 0 Å². The van der Waals surface area contributed by atoms with E-state index in [0.29, 0.717) is 6.54 Å². The molecule has 25 heavy (non-hydrogen) atoms. The van der Waals surface area contributed by atoms with Crippen LogP contribution < -0.4 is 5.32 Å². The van der Waals surface area contributed by atoms with Gasteiger partial charge >= 0.3 is 0 Å². The molecule has 0 saturated heterocycles. The summed E-state index contributed by atoms with van der Waals surface area (Å²) >= 11 is 6.98. The number of hydrogen-bond acceptors (Lipinski definition) is 2. The van der Waals surface area contributed by atoms with Gasteiger partial charge in [0.1, 0.15) is 5.82 Å². The SMILES string of the molecule is CCN(CC(=O)Nc1c(Br)cc(C)cc1Br)[C@@H](C)c1ccc(F)cc1. The van der Waals surface area contributed by atoms with Gasteiger partial charge in [0.25, 0.3) is 0 Å². The molecule has 0 bridgehead atoms. The van der Waals surface area contributed by atoms with E-state index in [9.17, 15) is 9.18 Å². The smallest absolute Gasteiger partial charge is 0.238 e. The summed E-state index contributed by atoms with van der Waals surface area (Å²) in [5.74, 6) is -0.355. The molecule has 0 fully saturated rings. The number of nitrogens with zero attached hydrogens (tertiary/aromatic N) is 1. The van der Waals surface area contributed by atoms with Crippen LogP contribution in [0.2, 0.25) is 0 Å². The molecule has 2 rings (SSSR count). The third-order valence-corrected chi connectivity index (χ3v) is 5.35. The van der Waals surface area contributed by atoms with Gasteiger partial charge in [0.05, 0.1) is 12.2 Å². The second-order valence-electron chi connectivity index (χ2n) is 5.94. The molecule has 0 radical (unpaired) electrons. The van der Waals surface area contributed by atoms with Gasteiger partial charge in [0.2, 0.25) is 5.91 Å². The minimum atomic E-state index is -0.259. The Hall–Kier alpha value is -1.24. The van der Waals surface area contributed by atoms with Crippen molar-refractivity contribution in [1.29, 1.82) is 0 Å². The molecule has 0 spiro atoms. The average molecular weight is 472 g/mol. The Kier molecular flexibility index (Phi) is 7.16. The highest BCUT2D eigenvalue weighted by molar-refractivity contribution is 9.11. The van der Waals surface area contributed by atoms with Gasteiger partial charge in [-0.2, -0.15) is 0 Å². The molecule has 2 aromatic carbocycles. The van der Waals surface area contributed by atoms with E-state index >= 15 is 0 Å². The lowest BCUT2D eigenvalue weighted by atomic mass is 10.1. The van der Waals surface area contributed by atoms with E-state index in [1.54, 1.807) is 12.1 Å². The number of anilines is 1. The molecule has 0 saturated carbocycles. The van der Waals surface area contributed by atoms with Crippen molar-refractivity contribution in [2.45, 2.75) is 26.8 Å². The summed E-state index contributed by atoms with van der Waals surface area (Å²) in [6.07, 6.45) is 0. The number of aryl methyl sites for hydroxylation is 1. The number of likely N-dealkylation sites (N-methyl/N-ethyl adjacent to an activating group) is 1. The normalized spacial score (nSPS) is 12.3. The zero-order valence-electron chi connectivity index (χ0n) is 14.4. The molecule has 1 atom stereocenters. The quantitative estimate of drug-likeness (QED) is 0.587. The molecule has 0 unspecified atom stereocenters. The Morgan fingerprint density at radius 2 is 1.76 bits per heavy atom. The number of carbonyl (C=O) groups excluding carboxylic acids is 1. The van der Waals surface area contributed by atoms with E-state index < -0.39 is 0 Å². The van der Waals surface area contributed by atoms with Gasteiger partial charge in [0, 0.05) is 15.0 Å². The molecule has 134 valence electrons. The first-order valence-electron chi connectivity index (χ1n) is 8.06. The largest absolute Gasteiger partial charge is 0.323 e. The second-order valence-corrected chi connectivity index (χ2v) is 7.65. The minimum Gasteiger partial charge on any atom is -0.323 e. The van der Waals surface area contributed by atoms with Crippen molar-refractivity contribution in [3.8, 4) is 0 Å². The van der Waals surface area contributed by atoms with Crippen molar-refractivity contribution in [2.75, 3.05) is 18.4 Å². The van der Waals surface area contributed by atoms with Crippen molar-refractivity contribution in [3.63, 3.8) is 0 Å². The molecule has 1 amide bonds. The fraction of sp³-hybridized carbons (Fsp3) is 0.316. The van der Waals surface area contributed by atoms with Crippen molar-refractivity contribution >= 4 is 43.5 Å². The third-order valence-electron chi connectivity index (χ3n) is 4.10. The van der Waals surface area contributed by atoms with Crippen LogP contribution in [0.5, 0.6) is 0 Å². The lowest BCUT2D eigenvalue weighted by molar-refractivity contribution is -0.117. The van der Waals surface area contributed by atoms with Gasteiger partial charge in [-0.1, -0.05) is 19.1 Å². The highest BCUT2D eigenvalue weighted by Crippen LogP contribution is 2.32. The minimum absolute atomic E-state index is 0.0150. The zero-order valence-corrected chi connectivity index (χ0v) is 17.6. The molecular weight excluding hydrogens is 451 g/mol. The van der Waals surface area contributed by atoms with Gasteiger partial charge in [-0.05, 0) is 87.6 Å². The van der Waals surface area contributed by atoms with Crippen LogP contribution in [0.15, 0.2) is 45.3 Å². The van der Waals surface area contributed by atoms with Crippen LogP contribution in [0.25, 0.3) is 0 Å². The summed E-state index contributed by atoms with van der Waals surface area (Å²) in [4.78, 5) is 14.5. The van der Waals surface area contributed by atoms with Crippen LogP contribution in [-0.2, 0) is 4.79 Å². The Morgan fingerprint density at radius 3 is 2.28 bits per heavy atom. The molecule has 0 aromatic heterocycles. The van der Waals surface area contributed by atoms with Gasteiger partial charge in [-0.3, -0.25) is 9.69 Å². The highest BCUT2D eigenvalue weighted by Gasteiger charge is 2.18. The topological polar surface area (TPSA) is 32.3 Å². The van der Waals surface area contributed by atoms with Crippen molar-refractivity contribution in [2.24, 2.45) is 0 Å². The van der Waals surface area contributed by atoms with Gasteiger partial charge < -0.3 is 5.32 Å². The maximum Gasteiger partial charge on any atom is 0.238 e. The van der Waals surface area contributed by atoms with E-state index in [0.717, 1.165) is 25.8 Å². The lowest BCUT2D eigenvalue weighted by Crippen LogP contribution is -2.35. The average Bonchev–Trinajstić information content (AvgIpc) is 2.56.